The molecule has 0 aliphatic carbocycles. The molecular weight excluding hydrogens is 398 g/mol. The maximum absolute atomic E-state index is 12.2. The molecule has 0 spiro atoms. The van der Waals surface area contributed by atoms with Crippen molar-refractivity contribution in [3.63, 3.8) is 0 Å². The number of nitrogens with zero attached hydrogens (tertiary/aromatic N) is 4. The van der Waals surface area contributed by atoms with Crippen LogP contribution in [0.2, 0.25) is 0 Å². The van der Waals surface area contributed by atoms with Crippen LogP contribution in [0.1, 0.15) is 32.5 Å². The lowest BCUT2D eigenvalue weighted by molar-refractivity contribution is 0.168. The van der Waals surface area contributed by atoms with Crippen molar-refractivity contribution in [2.45, 2.75) is 26.8 Å². The quantitative estimate of drug-likeness (QED) is 0.354. The first kappa shape index (κ1) is 21.7. The number of benzene rings is 1. The van der Waals surface area contributed by atoms with Crippen molar-refractivity contribution in [1.82, 2.24) is 14.8 Å². The van der Waals surface area contributed by atoms with E-state index in [0.29, 0.717) is 17.0 Å². The number of carbonyl (C=O) groups is 1. The molecule has 0 bridgehead atoms. The lowest BCUT2D eigenvalue weighted by Gasteiger charge is -2.16. The van der Waals surface area contributed by atoms with Gasteiger partial charge in [0.25, 0.3) is 5.56 Å². The zero-order chi connectivity index (χ0) is 22.4. The second-order valence-corrected chi connectivity index (χ2v) is 6.87. The Morgan fingerprint density at radius 3 is 2.65 bits per heavy atom. The Kier molecular flexibility index (Phi) is 6.76. The number of aromatic nitrogens is 3. The summed E-state index contributed by atoms with van der Waals surface area (Å²) in [5.74, 6) is 0. The molecule has 0 fully saturated rings. The van der Waals surface area contributed by atoms with E-state index in [9.17, 15) is 9.59 Å². The molecule has 2 N–H and O–H groups in total. The summed E-state index contributed by atoms with van der Waals surface area (Å²) < 4.78 is 6.34. The number of oxime groups is 1. The molecule has 0 saturated heterocycles. The smallest absolute Gasteiger partial charge is 0.411 e. The van der Waals surface area contributed by atoms with Crippen molar-refractivity contribution in [3.8, 4) is 22.5 Å². The highest BCUT2D eigenvalue weighted by molar-refractivity contribution is 5.96. The lowest BCUT2D eigenvalue weighted by Crippen LogP contribution is -2.24. The Morgan fingerprint density at radius 2 is 2.00 bits per heavy atom. The van der Waals surface area contributed by atoms with Crippen LogP contribution < -0.4 is 10.9 Å². The van der Waals surface area contributed by atoms with Gasteiger partial charge in [0, 0.05) is 17.2 Å². The number of anilines is 1. The van der Waals surface area contributed by atoms with Crippen molar-refractivity contribution in [3.05, 3.63) is 64.6 Å². The van der Waals surface area contributed by atoms with Crippen LogP contribution in [0.3, 0.4) is 0 Å². The van der Waals surface area contributed by atoms with Crippen LogP contribution in [0, 0.1) is 0 Å². The van der Waals surface area contributed by atoms with Crippen molar-refractivity contribution in [2.24, 2.45) is 5.16 Å². The monoisotopic (exact) mass is 421 g/mol. The predicted molar refractivity (Wildman–Crippen MR) is 118 cm³/mol. The summed E-state index contributed by atoms with van der Waals surface area (Å²) in [5, 5.41) is 19.3. The SMILES string of the molecule is CCOC(=O)Nc1cc(-c2ccc(=O)n(C(C)C)n2)c(-c2ccccc2)nc1C=NO. The van der Waals surface area contributed by atoms with Crippen LogP contribution in [0.25, 0.3) is 22.5 Å². The van der Waals surface area contributed by atoms with Crippen molar-refractivity contribution >= 4 is 18.0 Å². The summed E-state index contributed by atoms with van der Waals surface area (Å²) in [6.07, 6.45) is 0.454. The molecule has 9 nitrogen and oxygen atoms in total. The van der Waals surface area contributed by atoms with E-state index in [4.69, 9.17) is 9.94 Å². The molecule has 0 unspecified atom stereocenters. The van der Waals surface area contributed by atoms with Gasteiger partial charge in [0.05, 0.1) is 35.9 Å². The van der Waals surface area contributed by atoms with Crippen LogP contribution in [-0.4, -0.2) is 38.9 Å². The van der Waals surface area contributed by atoms with Crippen molar-refractivity contribution < 1.29 is 14.7 Å². The predicted octanol–water partition coefficient (Wildman–Crippen LogP) is 3.93. The molecular formula is C22H23N5O4. The van der Waals surface area contributed by atoms with Crippen molar-refractivity contribution in [1.29, 1.82) is 0 Å². The van der Waals surface area contributed by atoms with E-state index in [1.165, 1.54) is 10.7 Å². The zero-order valence-corrected chi connectivity index (χ0v) is 17.4. The first-order valence-electron chi connectivity index (χ1n) is 9.76. The average molecular weight is 421 g/mol. The molecule has 0 saturated carbocycles. The third kappa shape index (κ3) is 4.95. The summed E-state index contributed by atoms with van der Waals surface area (Å²) in [6, 6.07) is 14.0. The van der Waals surface area contributed by atoms with Crippen LogP contribution in [0.4, 0.5) is 10.5 Å². The van der Waals surface area contributed by atoms with Gasteiger partial charge in [-0.15, -0.1) is 0 Å². The van der Waals surface area contributed by atoms with Crippen LogP contribution >= 0.6 is 0 Å². The van der Waals surface area contributed by atoms with E-state index >= 15 is 0 Å². The van der Waals surface area contributed by atoms with E-state index in [2.05, 4.69) is 20.6 Å². The van der Waals surface area contributed by atoms with Gasteiger partial charge in [0.15, 0.2) is 0 Å². The van der Waals surface area contributed by atoms with Crippen LogP contribution in [0.5, 0.6) is 0 Å². The van der Waals surface area contributed by atoms with Gasteiger partial charge in [-0.3, -0.25) is 10.1 Å². The van der Waals surface area contributed by atoms with E-state index in [1.54, 1.807) is 19.1 Å². The van der Waals surface area contributed by atoms with Gasteiger partial charge in [0.2, 0.25) is 0 Å². The highest BCUT2D eigenvalue weighted by atomic mass is 16.5. The largest absolute Gasteiger partial charge is 0.450 e. The number of rotatable bonds is 6. The number of hydrogen-bond acceptors (Lipinski definition) is 7. The number of amides is 1. The molecule has 160 valence electrons. The Balaban J connectivity index is 2.27. The van der Waals surface area contributed by atoms with Gasteiger partial charge in [-0.2, -0.15) is 5.10 Å². The molecule has 0 aliphatic heterocycles. The topological polar surface area (TPSA) is 119 Å². The normalized spacial score (nSPS) is 11.1. The average Bonchev–Trinajstić information content (AvgIpc) is 2.76. The highest BCUT2D eigenvalue weighted by Crippen LogP contribution is 2.33. The van der Waals surface area contributed by atoms with Gasteiger partial charge in [-0.05, 0) is 32.9 Å². The standard InChI is InChI=1S/C22H23N5O4/c1-4-31-22(29)25-18-12-16(17-10-11-20(28)27(26-17)14(2)3)21(24-19(18)13-23-30)15-8-6-5-7-9-15/h5-14,30H,4H2,1-3H3,(H,25,29). The third-order valence-electron chi connectivity index (χ3n) is 4.38. The summed E-state index contributed by atoms with van der Waals surface area (Å²) in [7, 11) is 0. The molecule has 0 radical (unpaired) electrons. The molecule has 1 aromatic carbocycles. The van der Waals surface area contributed by atoms with E-state index < -0.39 is 6.09 Å². The molecule has 31 heavy (non-hydrogen) atoms. The number of nitrogens with one attached hydrogen (secondary N) is 1. The minimum absolute atomic E-state index is 0.140. The molecule has 9 heteroatoms. The molecule has 0 aliphatic rings. The minimum Gasteiger partial charge on any atom is -0.450 e. The van der Waals surface area contributed by atoms with Gasteiger partial charge in [0.1, 0.15) is 5.69 Å². The Hall–Kier alpha value is -4.01. The maximum Gasteiger partial charge on any atom is 0.411 e. The zero-order valence-electron chi connectivity index (χ0n) is 17.4. The van der Waals surface area contributed by atoms with Gasteiger partial charge in [-0.25, -0.2) is 14.5 Å². The van der Waals surface area contributed by atoms with E-state index in [0.717, 1.165) is 11.8 Å². The molecule has 2 heterocycles. The van der Waals surface area contributed by atoms with Gasteiger partial charge >= 0.3 is 6.09 Å². The Morgan fingerprint density at radius 1 is 1.26 bits per heavy atom. The molecule has 3 rings (SSSR count). The molecule has 3 aromatic rings. The highest BCUT2D eigenvalue weighted by Gasteiger charge is 2.18. The second-order valence-electron chi connectivity index (χ2n) is 6.87. The lowest BCUT2D eigenvalue weighted by atomic mass is 10.0. The first-order valence-corrected chi connectivity index (χ1v) is 9.76. The summed E-state index contributed by atoms with van der Waals surface area (Å²) >= 11 is 0. The van der Waals surface area contributed by atoms with E-state index in [1.807, 2.05) is 44.2 Å². The number of hydrogen-bond donors (Lipinski definition) is 2. The minimum atomic E-state index is -0.671. The fraction of sp³-hybridized carbons (Fsp3) is 0.227. The summed E-state index contributed by atoms with van der Waals surface area (Å²) in [5.41, 5.74) is 2.71. The Labute approximate surface area is 179 Å². The first-order chi connectivity index (χ1) is 14.9. The van der Waals surface area contributed by atoms with Gasteiger partial charge in [-0.1, -0.05) is 35.5 Å². The fourth-order valence-corrected chi connectivity index (χ4v) is 3.01. The molecule has 1 amide bonds. The van der Waals surface area contributed by atoms with E-state index in [-0.39, 0.29) is 29.6 Å². The second kappa shape index (κ2) is 9.66. The molecule has 0 atom stereocenters. The Bertz CT molecular complexity index is 1160. The van der Waals surface area contributed by atoms with Crippen LogP contribution in [-0.2, 0) is 4.74 Å². The summed E-state index contributed by atoms with van der Waals surface area (Å²) in [6.45, 7) is 5.61. The van der Waals surface area contributed by atoms with Crippen molar-refractivity contribution in [2.75, 3.05) is 11.9 Å². The number of ether oxygens (including phenoxy) is 1. The number of pyridine rings is 1. The maximum atomic E-state index is 12.2. The summed E-state index contributed by atoms with van der Waals surface area (Å²) in [4.78, 5) is 28.8. The molecule has 2 aromatic heterocycles. The van der Waals surface area contributed by atoms with Crippen LogP contribution in [0.15, 0.2) is 58.5 Å². The number of carbonyl (C=O) groups excluding carboxylic acids is 1. The fourth-order valence-electron chi connectivity index (χ4n) is 3.01. The van der Waals surface area contributed by atoms with Gasteiger partial charge < -0.3 is 9.94 Å². The third-order valence-corrected chi connectivity index (χ3v) is 4.38.